The van der Waals surface area contributed by atoms with Gasteiger partial charge in [0.25, 0.3) is 11.5 Å². The van der Waals surface area contributed by atoms with Crippen molar-refractivity contribution in [3.05, 3.63) is 75.5 Å². The van der Waals surface area contributed by atoms with E-state index in [1.165, 1.54) is 50.7 Å². The molecule has 0 unspecified atom stereocenters. The van der Waals surface area contributed by atoms with Crippen LogP contribution in [0.15, 0.2) is 63.6 Å². The van der Waals surface area contributed by atoms with Crippen molar-refractivity contribution < 1.29 is 13.2 Å². The first-order valence-electron chi connectivity index (χ1n) is 12.5. The summed E-state index contributed by atoms with van der Waals surface area (Å²) >= 11 is 1.50. The monoisotopic (exact) mass is 552 g/mol. The van der Waals surface area contributed by atoms with Crippen LogP contribution in [0.3, 0.4) is 0 Å². The number of nitrogens with zero attached hydrogens (tertiary/aromatic N) is 4. The van der Waals surface area contributed by atoms with Crippen molar-refractivity contribution in [1.29, 1.82) is 0 Å². The van der Waals surface area contributed by atoms with Crippen molar-refractivity contribution in [1.82, 2.24) is 24.1 Å². The molecular weight excluding hydrogens is 524 g/mol. The number of nitrogens with one attached hydrogen (secondary N) is 2. The lowest BCUT2D eigenvalue weighted by Crippen LogP contribution is -2.35. The van der Waals surface area contributed by atoms with Gasteiger partial charge in [0, 0.05) is 36.5 Å². The van der Waals surface area contributed by atoms with Crippen LogP contribution in [0, 0.1) is 0 Å². The number of aryl methyl sites for hydroxylation is 1. The van der Waals surface area contributed by atoms with Crippen molar-refractivity contribution >= 4 is 33.1 Å². The summed E-state index contributed by atoms with van der Waals surface area (Å²) < 4.78 is 28.8. The van der Waals surface area contributed by atoms with Gasteiger partial charge < -0.3 is 5.32 Å². The highest BCUT2D eigenvalue weighted by molar-refractivity contribution is 7.89. The number of rotatable bonds is 8. The Kier molecular flexibility index (Phi) is 7.54. The molecule has 2 N–H and O–H groups in total. The lowest BCUT2D eigenvalue weighted by atomic mass is 10.2. The quantitative estimate of drug-likeness (QED) is 0.339. The summed E-state index contributed by atoms with van der Waals surface area (Å²) in [5.74, 6) is 0.0695. The van der Waals surface area contributed by atoms with Gasteiger partial charge in [-0.25, -0.2) is 13.4 Å². The molecule has 38 heavy (non-hydrogen) atoms. The molecule has 0 radical (unpaired) electrons. The van der Waals surface area contributed by atoms with E-state index in [2.05, 4.69) is 20.4 Å². The van der Waals surface area contributed by atoms with E-state index < -0.39 is 15.9 Å². The third-order valence-corrected chi connectivity index (χ3v) is 9.09. The number of thiophene rings is 1. The summed E-state index contributed by atoms with van der Waals surface area (Å²) in [5, 5.41) is 9.37. The van der Waals surface area contributed by atoms with Crippen LogP contribution >= 0.6 is 11.3 Å². The second-order valence-corrected chi connectivity index (χ2v) is 11.9. The SMILES string of the molecule is CCCc1cc(=O)[nH]c(-n2nc(-c3cccs3)cc2NC(=O)c2ccc(S(=O)(=O)N3CCCCC3)cc2)n1. The zero-order chi connectivity index (χ0) is 26.7. The number of aromatic amines is 1. The van der Waals surface area contributed by atoms with Crippen LogP contribution in [0.2, 0.25) is 0 Å². The molecule has 0 aliphatic carbocycles. The van der Waals surface area contributed by atoms with E-state index in [0.29, 0.717) is 36.7 Å². The zero-order valence-electron chi connectivity index (χ0n) is 20.9. The summed E-state index contributed by atoms with van der Waals surface area (Å²) in [7, 11) is -3.59. The Balaban J connectivity index is 1.44. The van der Waals surface area contributed by atoms with Gasteiger partial charge in [-0.05, 0) is 55.0 Å². The number of piperidine rings is 1. The Morgan fingerprint density at radius 2 is 1.87 bits per heavy atom. The third-order valence-electron chi connectivity index (χ3n) is 6.28. The van der Waals surface area contributed by atoms with Crippen molar-refractivity contribution in [2.75, 3.05) is 18.4 Å². The Labute approximate surface area is 224 Å². The van der Waals surface area contributed by atoms with Gasteiger partial charge in [0.1, 0.15) is 11.5 Å². The van der Waals surface area contributed by atoms with Gasteiger partial charge in [0.15, 0.2) is 0 Å². The van der Waals surface area contributed by atoms with E-state index in [0.717, 1.165) is 30.6 Å². The van der Waals surface area contributed by atoms with Crippen LogP contribution in [0.25, 0.3) is 16.5 Å². The molecule has 198 valence electrons. The average Bonchev–Trinajstić information content (AvgIpc) is 3.60. The molecule has 1 aromatic carbocycles. The largest absolute Gasteiger partial charge is 0.306 e. The number of carbonyl (C=O) groups is 1. The topological polar surface area (TPSA) is 130 Å². The molecule has 12 heteroatoms. The fourth-order valence-corrected chi connectivity index (χ4v) is 6.57. The van der Waals surface area contributed by atoms with E-state index in [9.17, 15) is 18.0 Å². The molecular formula is C26H28N6O4S2. The second-order valence-electron chi connectivity index (χ2n) is 9.06. The lowest BCUT2D eigenvalue weighted by Gasteiger charge is -2.25. The third kappa shape index (κ3) is 5.47. The fourth-order valence-electron chi connectivity index (χ4n) is 4.38. The highest BCUT2D eigenvalue weighted by atomic mass is 32.2. The highest BCUT2D eigenvalue weighted by Gasteiger charge is 2.26. The maximum absolute atomic E-state index is 13.2. The van der Waals surface area contributed by atoms with Gasteiger partial charge in [0.05, 0.1) is 9.77 Å². The molecule has 0 spiro atoms. The number of anilines is 1. The molecule has 1 aliphatic heterocycles. The summed E-state index contributed by atoms with van der Waals surface area (Å²) in [6, 6.07) is 12.9. The number of carbonyl (C=O) groups excluding carboxylic acids is 1. The fraction of sp³-hybridized carbons (Fsp3) is 0.308. The predicted octanol–water partition coefficient (Wildman–Crippen LogP) is 4.06. The van der Waals surface area contributed by atoms with Crippen LogP contribution in [0.5, 0.6) is 0 Å². The van der Waals surface area contributed by atoms with Crippen molar-refractivity contribution in [2.45, 2.75) is 43.9 Å². The minimum absolute atomic E-state index is 0.162. The minimum Gasteiger partial charge on any atom is -0.306 e. The van der Waals surface area contributed by atoms with E-state index >= 15 is 0 Å². The van der Waals surface area contributed by atoms with E-state index in [1.54, 1.807) is 6.07 Å². The molecule has 5 rings (SSSR count). The predicted molar refractivity (Wildman–Crippen MR) is 146 cm³/mol. The lowest BCUT2D eigenvalue weighted by molar-refractivity contribution is 0.102. The molecule has 1 saturated heterocycles. The summed E-state index contributed by atoms with van der Waals surface area (Å²) in [4.78, 5) is 33.8. The summed E-state index contributed by atoms with van der Waals surface area (Å²) in [6.45, 7) is 3.02. The first kappa shape index (κ1) is 26.0. The molecule has 1 fully saturated rings. The van der Waals surface area contributed by atoms with Crippen LogP contribution in [-0.4, -0.2) is 51.5 Å². The maximum atomic E-state index is 13.2. The Morgan fingerprint density at radius 3 is 2.55 bits per heavy atom. The number of benzene rings is 1. The number of aromatic nitrogens is 4. The van der Waals surface area contributed by atoms with Gasteiger partial charge in [-0.3, -0.25) is 14.6 Å². The van der Waals surface area contributed by atoms with Crippen LogP contribution in [-0.2, 0) is 16.4 Å². The molecule has 10 nitrogen and oxygen atoms in total. The van der Waals surface area contributed by atoms with E-state index in [4.69, 9.17) is 0 Å². The molecule has 1 amide bonds. The van der Waals surface area contributed by atoms with Crippen molar-refractivity contribution in [2.24, 2.45) is 0 Å². The number of hydrogen-bond donors (Lipinski definition) is 2. The van der Waals surface area contributed by atoms with E-state index in [-0.39, 0.29) is 22.0 Å². The van der Waals surface area contributed by atoms with Gasteiger partial charge in [0.2, 0.25) is 16.0 Å². The highest BCUT2D eigenvalue weighted by Crippen LogP contribution is 2.28. The van der Waals surface area contributed by atoms with E-state index in [1.807, 2.05) is 24.4 Å². The molecule has 4 aromatic rings. The minimum atomic E-state index is -3.59. The van der Waals surface area contributed by atoms with Gasteiger partial charge >= 0.3 is 0 Å². The Morgan fingerprint density at radius 1 is 1.11 bits per heavy atom. The summed E-state index contributed by atoms with van der Waals surface area (Å²) in [6.07, 6.45) is 4.18. The molecule has 0 bridgehead atoms. The standard InChI is InChI=1S/C26H28N6O4S2/c1-2-7-19-16-24(33)29-26(27-19)32-23(17-21(30-32)22-8-6-15-37-22)28-25(34)18-9-11-20(12-10-18)38(35,36)31-13-4-3-5-14-31/h6,8-12,15-17H,2-5,7,13-14H2,1H3,(H,28,34)(H,27,29,33). The second kappa shape index (κ2) is 11.0. The smallest absolute Gasteiger partial charge is 0.256 e. The molecule has 3 aromatic heterocycles. The zero-order valence-corrected chi connectivity index (χ0v) is 22.5. The van der Waals surface area contributed by atoms with Crippen molar-refractivity contribution in [3.63, 3.8) is 0 Å². The van der Waals surface area contributed by atoms with Crippen LogP contribution < -0.4 is 10.9 Å². The van der Waals surface area contributed by atoms with Gasteiger partial charge in [-0.15, -0.1) is 11.3 Å². The van der Waals surface area contributed by atoms with Crippen molar-refractivity contribution in [3.8, 4) is 16.5 Å². The number of H-pyrrole nitrogens is 1. The number of hydrogen-bond acceptors (Lipinski definition) is 7. The Bertz CT molecular complexity index is 1590. The number of sulfonamides is 1. The maximum Gasteiger partial charge on any atom is 0.256 e. The average molecular weight is 553 g/mol. The summed E-state index contributed by atoms with van der Waals surface area (Å²) in [5.41, 5.74) is 1.22. The molecule has 0 atom stereocenters. The van der Waals surface area contributed by atoms with Gasteiger partial charge in [-0.1, -0.05) is 25.8 Å². The van der Waals surface area contributed by atoms with Crippen LogP contribution in [0.4, 0.5) is 5.82 Å². The van der Waals surface area contributed by atoms with Gasteiger partial charge in [-0.2, -0.15) is 14.1 Å². The molecule has 4 heterocycles. The first-order valence-corrected chi connectivity index (χ1v) is 14.8. The molecule has 0 saturated carbocycles. The normalized spacial score (nSPS) is 14.4. The first-order chi connectivity index (χ1) is 18.3. The Hall–Kier alpha value is -3.61. The molecule has 1 aliphatic rings. The number of amides is 1. The van der Waals surface area contributed by atoms with Crippen LogP contribution in [0.1, 0.15) is 48.7 Å².